The summed E-state index contributed by atoms with van der Waals surface area (Å²) >= 11 is 0. The van der Waals surface area contributed by atoms with Crippen LogP contribution in [0.25, 0.3) is 0 Å². The average molecular weight is 179 g/mol. The summed E-state index contributed by atoms with van der Waals surface area (Å²) in [6, 6.07) is 2.18. The zero-order valence-electron chi connectivity index (χ0n) is 7.35. The third-order valence-corrected chi connectivity index (χ3v) is 1.48. The van der Waals surface area contributed by atoms with E-state index in [1.807, 2.05) is 19.3 Å². The van der Waals surface area contributed by atoms with Crippen LogP contribution in [0.2, 0.25) is 0 Å². The van der Waals surface area contributed by atoms with Crippen molar-refractivity contribution in [3.8, 4) is 0 Å². The minimum Gasteiger partial charge on any atom is -0.315 e. The van der Waals surface area contributed by atoms with E-state index in [4.69, 9.17) is 4.52 Å². The Kier molecular flexibility index (Phi) is 1.73. The summed E-state index contributed by atoms with van der Waals surface area (Å²) in [7, 11) is 1.84. The van der Waals surface area contributed by atoms with Crippen LogP contribution in [0.5, 0.6) is 0 Å². The molecule has 0 aliphatic carbocycles. The van der Waals surface area contributed by atoms with Gasteiger partial charge in [0.2, 0.25) is 0 Å². The highest BCUT2D eigenvalue weighted by Gasteiger charge is 2.03. The number of nitrogens with one attached hydrogen (secondary N) is 1. The van der Waals surface area contributed by atoms with Gasteiger partial charge < -0.3 is 4.52 Å². The van der Waals surface area contributed by atoms with Gasteiger partial charge in [-0.05, 0) is 6.92 Å². The molecule has 0 saturated carbocycles. The summed E-state index contributed by atoms with van der Waals surface area (Å²) in [5, 5.41) is 10.6. The van der Waals surface area contributed by atoms with Crippen LogP contribution in [0, 0.1) is 6.92 Å². The third kappa shape index (κ3) is 1.66. The Balaban J connectivity index is 2.14. The monoisotopic (exact) mass is 179 g/mol. The Morgan fingerprint density at radius 1 is 1.54 bits per heavy atom. The largest absolute Gasteiger partial charge is 0.327 e. The predicted molar refractivity (Wildman–Crippen MR) is 45.5 cm³/mol. The molecule has 68 valence electrons. The number of hydrogen-bond acceptors (Lipinski definition) is 5. The summed E-state index contributed by atoms with van der Waals surface area (Å²) in [6.07, 6.45) is 1.82. The van der Waals surface area contributed by atoms with E-state index < -0.39 is 0 Å². The molecule has 0 aromatic carbocycles. The van der Waals surface area contributed by atoms with Gasteiger partial charge in [-0.1, -0.05) is 5.16 Å². The van der Waals surface area contributed by atoms with E-state index in [1.165, 1.54) is 0 Å². The SMILES string of the molecule is Cc1noc(Nc2ccn(C)n2)n1. The fraction of sp³-hybridized carbons (Fsp3) is 0.286. The molecule has 2 heterocycles. The number of aryl methyl sites for hydroxylation is 2. The van der Waals surface area contributed by atoms with Gasteiger partial charge in [-0.3, -0.25) is 10.00 Å². The van der Waals surface area contributed by atoms with Crippen molar-refractivity contribution in [3.63, 3.8) is 0 Å². The average Bonchev–Trinajstić information content (AvgIpc) is 2.62. The van der Waals surface area contributed by atoms with E-state index >= 15 is 0 Å². The van der Waals surface area contributed by atoms with E-state index in [1.54, 1.807) is 11.6 Å². The van der Waals surface area contributed by atoms with Crippen molar-refractivity contribution in [1.82, 2.24) is 19.9 Å². The van der Waals surface area contributed by atoms with E-state index in [9.17, 15) is 0 Å². The number of rotatable bonds is 2. The first-order valence-corrected chi connectivity index (χ1v) is 3.81. The number of anilines is 2. The van der Waals surface area contributed by atoms with Gasteiger partial charge in [0, 0.05) is 19.3 Å². The molecule has 6 nitrogen and oxygen atoms in total. The fourth-order valence-corrected chi connectivity index (χ4v) is 0.939. The maximum absolute atomic E-state index is 4.86. The van der Waals surface area contributed by atoms with Crippen molar-refractivity contribution in [2.24, 2.45) is 7.05 Å². The molecule has 0 aliphatic rings. The van der Waals surface area contributed by atoms with Crippen molar-refractivity contribution in [1.29, 1.82) is 0 Å². The Bertz CT molecular complexity index is 366. The van der Waals surface area contributed by atoms with Crippen LogP contribution in [0.4, 0.5) is 11.8 Å². The second-order valence-corrected chi connectivity index (χ2v) is 2.65. The maximum atomic E-state index is 4.86. The van der Waals surface area contributed by atoms with Crippen LogP contribution in [0.15, 0.2) is 16.8 Å². The lowest BCUT2D eigenvalue weighted by atomic mass is 10.6. The van der Waals surface area contributed by atoms with Gasteiger partial charge in [0.15, 0.2) is 11.6 Å². The van der Waals surface area contributed by atoms with Gasteiger partial charge in [-0.2, -0.15) is 10.1 Å². The molecule has 0 spiro atoms. The molecule has 0 amide bonds. The molecule has 0 aliphatic heterocycles. The molecular formula is C7H9N5O. The molecule has 0 bridgehead atoms. The lowest BCUT2D eigenvalue weighted by Crippen LogP contribution is -1.93. The topological polar surface area (TPSA) is 68.8 Å². The molecule has 2 rings (SSSR count). The molecular weight excluding hydrogens is 170 g/mol. The number of nitrogens with zero attached hydrogens (tertiary/aromatic N) is 4. The Morgan fingerprint density at radius 3 is 2.92 bits per heavy atom. The second kappa shape index (κ2) is 2.89. The van der Waals surface area contributed by atoms with Crippen molar-refractivity contribution >= 4 is 11.8 Å². The van der Waals surface area contributed by atoms with E-state index in [2.05, 4.69) is 20.6 Å². The smallest absolute Gasteiger partial charge is 0.315 e. The summed E-state index contributed by atoms with van der Waals surface area (Å²) < 4.78 is 6.54. The number of aromatic nitrogens is 4. The van der Waals surface area contributed by atoms with Gasteiger partial charge in [-0.15, -0.1) is 0 Å². The van der Waals surface area contributed by atoms with Crippen molar-refractivity contribution in [2.45, 2.75) is 6.92 Å². The standard InChI is InChI=1S/C7H9N5O/c1-5-8-7(13-11-5)9-6-3-4-12(2)10-6/h3-4H,1-2H3,(H,8,9,10,11). The zero-order valence-corrected chi connectivity index (χ0v) is 7.35. The molecule has 1 N–H and O–H groups in total. The molecule has 0 fully saturated rings. The first-order chi connectivity index (χ1) is 6.24. The summed E-state index contributed by atoms with van der Waals surface area (Å²) in [5.74, 6) is 1.28. The van der Waals surface area contributed by atoms with Crippen molar-refractivity contribution in [3.05, 3.63) is 18.1 Å². The molecule has 6 heteroatoms. The Labute approximate surface area is 74.6 Å². The summed E-state index contributed by atoms with van der Waals surface area (Å²) in [4.78, 5) is 3.98. The van der Waals surface area contributed by atoms with Crippen LogP contribution in [0.1, 0.15) is 5.82 Å². The van der Waals surface area contributed by atoms with Gasteiger partial charge in [0.25, 0.3) is 0 Å². The lowest BCUT2D eigenvalue weighted by molar-refractivity contribution is 0.428. The molecule has 2 aromatic heterocycles. The van der Waals surface area contributed by atoms with Gasteiger partial charge in [-0.25, -0.2) is 0 Å². The van der Waals surface area contributed by atoms with E-state index in [-0.39, 0.29) is 0 Å². The van der Waals surface area contributed by atoms with E-state index in [0.717, 1.165) is 0 Å². The van der Waals surface area contributed by atoms with Crippen LogP contribution < -0.4 is 5.32 Å². The molecule has 0 atom stereocenters. The quantitative estimate of drug-likeness (QED) is 0.740. The summed E-state index contributed by atoms with van der Waals surface area (Å²) in [5.41, 5.74) is 0. The van der Waals surface area contributed by atoms with Crippen LogP contribution >= 0.6 is 0 Å². The first-order valence-electron chi connectivity index (χ1n) is 3.81. The minimum absolute atomic E-state index is 0.358. The second-order valence-electron chi connectivity index (χ2n) is 2.65. The Morgan fingerprint density at radius 2 is 2.38 bits per heavy atom. The molecule has 0 radical (unpaired) electrons. The van der Waals surface area contributed by atoms with Gasteiger partial charge >= 0.3 is 6.01 Å². The maximum Gasteiger partial charge on any atom is 0.327 e. The highest BCUT2D eigenvalue weighted by atomic mass is 16.5. The van der Waals surface area contributed by atoms with Crippen LogP contribution in [-0.4, -0.2) is 19.9 Å². The fourth-order valence-electron chi connectivity index (χ4n) is 0.939. The highest BCUT2D eigenvalue weighted by Crippen LogP contribution is 2.10. The third-order valence-electron chi connectivity index (χ3n) is 1.48. The van der Waals surface area contributed by atoms with Crippen LogP contribution in [-0.2, 0) is 7.05 Å². The number of hydrogen-bond donors (Lipinski definition) is 1. The molecule has 13 heavy (non-hydrogen) atoms. The normalized spacial score (nSPS) is 10.3. The Hall–Kier alpha value is -1.85. The summed E-state index contributed by atoms with van der Waals surface area (Å²) in [6.45, 7) is 1.76. The highest BCUT2D eigenvalue weighted by molar-refractivity contribution is 5.44. The molecule has 2 aromatic rings. The van der Waals surface area contributed by atoms with Crippen molar-refractivity contribution < 1.29 is 4.52 Å². The molecule has 0 unspecified atom stereocenters. The van der Waals surface area contributed by atoms with Gasteiger partial charge in [0.05, 0.1) is 0 Å². The van der Waals surface area contributed by atoms with E-state index in [0.29, 0.717) is 17.7 Å². The van der Waals surface area contributed by atoms with Crippen molar-refractivity contribution in [2.75, 3.05) is 5.32 Å². The molecule has 0 saturated heterocycles. The minimum atomic E-state index is 0.358. The first kappa shape index (κ1) is 7.78. The van der Waals surface area contributed by atoms with Gasteiger partial charge in [0.1, 0.15) is 0 Å². The lowest BCUT2D eigenvalue weighted by Gasteiger charge is -1.92. The zero-order chi connectivity index (χ0) is 9.26. The predicted octanol–water partition coefficient (Wildman–Crippen LogP) is 0.855. The van der Waals surface area contributed by atoms with Crippen LogP contribution in [0.3, 0.4) is 0 Å².